The minimum Gasteiger partial charge on any atom is -0.355 e. The number of rotatable bonds is 4. The molecule has 156 valence electrons. The van der Waals surface area contributed by atoms with E-state index in [1.807, 2.05) is 9.80 Å². The third kappa shape index (κ3) is 4.96. The fourth-order valence-corrected chi connectivity index (χ4v) is 4.14. The van der Waals surface area contributed by atoms with Gasteiger partial charge in [-0.15, -0.1) is 0 Å². The number of alkyl halides is 3. The number of piperidine rings is 1. The van der Waals surface area contributed by atoms with Crippen molar-refractivity contribution in [2.75, 3.05) is 44.2 Å². The Morgan fingerprint density at radius 1 is 1.11 bits per heavy atom. The van der Waals surface area contributed by atoms with Crippen molar-refractivity contribution < 1.29 is 18.0 Å². The average Bonchev–Trinajstić information content (AvgIpc) is 2.94. The lowest BCUT2D eigenvalue weighted by Gasteiger charge is -2.37. The summed E-state index contributed by atoms with van der Waals surface area (Å²) in [5.41, 5.74) is -0.740. The van der Waals surface area contributed by atoms with Gasteiger partial charge in [-0.1, -0.05) is 13.3 Å². The van der Waals surface area contributed by atoms with Crippen LogP contribution in [0, 0.1) is 0 Å². The molecule has 2 aliphatic heterocycles. The minimum atomic E-state index is -4.38. The van der Waals surface area contributed by atoms with Crippen molar-refractivity contribution in [1.29, 1.82) is 0 Å². The van der Waals surface area contributed by atoms with Crippen LogP contribution in [-0.4, -0.2) is 66.0 Å². The summed E-state index contributed by atoms with van der Waals surface area (Å²) in [5.74, 6) is 0.739. The smallest absolute Gasteiger partial charge is 0.355 e. The molecule has 0 aliphatic carbocycles. The first-order valence-electron chi connectivity index (χ1n) is 10.2. The standard InChI is InChI=1S/C20H29F3N4O/c1-2-9-25-10-4-3-6-17(25)19(28)27-12-5-11-26(13-14-27)18-8-7-16(15-24-18)20(21,22)23/h7-8,15,17H,2-6,9-14H2,1H3. The van der Waals surface area contributed by atoms with E-state index in [4.69, 9.17) is 0 Å². The number of carbonyl (C=O) groups excluding carboxylic acids is 1. The molecule has 1 aromatic rings. The van der Waals surface area contributed by atoms with Crippen LogP contribution in [0.25, 0.3) is 0 Å². The number of aromatic nitrogens is 1. The van der Waals surface area contributed by atoms with Gasteiger partial charge in [0.2, 0.25) is 5.91 Å². The van der Waals surface area contributed by atoms with Gasteiger partial charge in [0.25, 0.3) is 0 Å². The molecule has 1 unspecified atom stereocenters. The number of halogens is 3. The van der Waals surface area contributed by atoms with Crippen LogP contribution in [0.3, 0.4) is 0 Å². The van der Waals surface area contributed by atoms with Crippen molar-refractivity contribution in [2.24, 2.45) is 0 Å². The SMILES string of the molecule is CCCN1CCCCC1C(=O)N1CCCN(c2ccc(C(F)(F)F)cn2)CC1. The molecule has 0 spiro atoms. The number of pyridine rings is 1. The fraction of sp³-hybridized carbons (Fsp3) is 0.700. The Morgan fingerprint density at radius 3 is 2.61 bits per heavy atom. The summed E-state index contributed by atoms with van der Waals surface area (Å²) in [7, 11) is 0. The Balaban J connectivity index is 1.62. The molecule has 1 aromatic heterocycles. The lowest BCUT2D eigenvalue weighted by atomic mass is 10.0. The molecule has 28 heavy (non-hydrogen) atoms. The molecule has 0 saturated carbocycles. The van der Waals surface area contributed by atoms with E-state index in [0.717, 1.165) is 57.5 Å². The van der Waals surface area contributed by atoms with Crippen molar-refractivity contribution in [3.63, 3.8) is 0 Å². The predicted molar refractivity (Wildman–Crippen MR) is 102 cm³/mol. The summed E-state index contributed by atoms with van der Waals surface area (Å²) in [6, 6.07) is 2.47. The van der Waals surface area contributed by atoms with Gasteiger partial charge in [0.05, 0.1) is 11.6 Å². The fourth-order valence-electron chi connectivity index (χ4n) is 4.14. The van der Waals surface area contributed by atoms with Crippen LogP contribution in [0.4, 0.5) is 19.0 Å². The summed E-state index contributed by atoms with van der Waals surface area (Å²) in [6.45, 7) is 6.61. The van der Waals surface area contributed by atoms with Crippen molar-refractivity contribution in [3.05, 3.63) is 23.9 Å². The summed E-state index contributed by atoms with van der Waals surface area (Å²) in [6.07, 6.45) is 1.49. The second kappa shape index (κ2) is 9.11. The highest BCUT2D eigenvalue weighted by Crippen LogP contribution is 2.29. The average molecular weight is 398 g/mol. The van der Waals surface area contributed by atoms with E-state index in [-0.39, 0.29) is 11.9 Å². The van der Waals surface area contributed by atoms with Crippen LogP contribution in [0.5, 0.6) is 0 Å². The van der Waals surface area contributed by atoms with Crippen LogP contribution in [0.2, 0.25) is 0 Å². The molecule has 2 aliphatic rings. The molecule has 3 rings (SSSR count). The number of likely N-dealkylation sites (tertiary alicyclic amines) is 1. The normalized spacial score (nSPS) is 22.2. The van der Waals surface area contributed by atoms with Crippen LogP contribution < -0.4 is 4.90 Å². The Hall–Kier alpha value is -1.83. The van der Waals surface area contributed by atoms with Gasteiger partial charge in [0, 0.05) is 32.4 Å². The van der Waals surface area contributed by atoms with E-state index in [0.29, 0.717) is 32.0 Å². The molecule has 0 bridgehead atoms. The highest BCUT2D eigenvalue weighted by atomic mass is 19.4. The van der Waals surface area contributed by atoms with Crippen molar-refractivity contribution in [3.8, 4) is 0 Å². The summed E-state index contributed by atoms with van der Waals surface area (Å²) < 4.78 is 38.2. The van der Waals surface area contributed by atoms with E-state index in [1.54, 1.807) is 0 Å². The molecular weight excluding hydrogens is 369 g/mol. The molecule has 0 N–H and O–H groups in total. The molecule has 2 saturated heterocycles. The summed E-state index contributed by atoms with van der Waals surface area (Å²) in [4.78, 5) is 23.3. The van der Waals surface area contributed by atoms with Gasteiger partial charge in [-0.25, -0.2) is 4.98 Å². The van der Waals surface area contributed by atoms with Gasteiger partial charge in [0.1, 0.15) is 5.82 Å². The van der Waals surface area contributed by atoms with Gasteiger partial charge >= 0.3 is 6.18 Å². The van der Waals surface area contributed by atoms with Crippen LogP contribution in [-0.2, 0) is 11.0 Å². The number of hydrogen-bond donors (Lipinski definition) is 0. The highest BCUT2D eigenvalue weighted by molar-refractivity contribution is 5.82. The Morgan fingerprint density at radius 2 is 1.93 bits per heavy atom. The van der Waals surface area contributed by atoms with Crippen molar-refractivity contribution >= 4 is 11.7 Å². The van der Waals surface area contributed by atoms with Gasteiger partial charge in [-0.2, -0.15) is 13.2 Å². The first-order valence-corrected chi connectivity index (χ1v) is 10.2. The number of nitrogens with zero attached hydrogens (tertiary/aromatic N) is 4. The zero-order chi connectivity index (χ0) is 20.1. The van der Waals surface area contributed by atoms with Crippen LogP contribution in [0.1, 0.15) is 44.6 Å². The molecule has 2 fully saturated rings. The first kappa shape index (κ1) is 20.9. The van der Waals surface area contributed by atoms with Crippen molar-refractivity contribution in [1.82, 2.24) is 14.8 Å². The Labute approximate surface area is 164 Å². The highest BCUT2D eigenvalue weighted by Gasteiger charge is 2.33. The molecule has 8 heteroatoms. The largest absolute Gasteiger partial charge is 0.417 e. The quantitative estimate of drug-likeness (QED) is 0.779. The van der Waals surface area contributed by atoms with E-state index < -0.39 is 11.7 Å². The van der Waals surface area contributed by atoms with Crippen LogP contribution in [0.15, 0.2) is 18.3 Å². The maximum atomic E-state index is 13.1. The Kier molecular flexibility index (Phi) is 6.80. The summed E-state index contributed by atoms with van der Waals surface area (Å²) in [5, 5.41) is 0. The lowest BCUT2D eigenvalue weighted by molar-refractivity contribution is -0.138. The lowest BCUT2D eigenvalue weighted by Crippen LogP contribution is -2.51. The number of hydrogen-bond acceptors (Lipinski definition) is 4. The molecule has 0 radical (unpaired) electrons. The molecule has 0 aromatic carbocycles. The summed E-state index contributed by atoms with van der Waals surface area (Å²) >= 11 is 0. The van der Waals surface area contributed by atoms with Gasteiger partial charge < -0.3 is 9.80 Å². The number of amides is 1. The third-order valence-corrected chi connectivity index (χ3v) is 5.62. The minimum absolute atomic E-state index is 0.0237. The molecule has 1 atom stereocenters. The van der Waals surface area contributed by atoms with Gasteiger partial charge in [0.15, 0.2) is 0 Å². The second-order valence-electron chi connectivity index (χ2n) is 7.62. The maximum Gasteiger partial charge on any atom is 0.417 e. The number of anilines is 1. The zero-order valence-electron chi connectivity index (χ0n) is 16.4. The maximum absolute atomic E-state index is 13.1. The molecule has 1 amide bonds. The van der Waals surface area contributed by atoms with Gasteiger partial charge in [-0.05, 0) is 50.9 Å². The second-order valence-corrected chi connectivity index (χ2v) is 7.62. The van der Waals surface area contributed by atoms with Crippen LogP contribution >= 0.6 is 0 Å². The zero-order valence-corrected chi connectivity index (χ0v) is 16.4. The molecule has 3 heterocycles. The van der Waals surface area contributed by atoms with E-state index in [2.05, 4.69) is 16.8 Å². The molecular formula is C20H29F3N4O. The van der Waals surface area contributed by atoms with E-state index in [1.165, 1.54) is 6.07 Å². The van der Waals surface area contributed by atoms with Gasteiger partial charge in [-0.3, -0.25) is 9.69 Å². The first-order chi connectivity index (χ1) is 13.4. The Bertz CT molecular complexity index is 648. The van der Waals surface area contributed by atoms with E-state index >= 15 is 0 Å². The van der Waals surface area contributed by atoms with E-state index in [9.17, 15) is 18.0 Å². The monoisotopic (exact) mass is 398 g/mol. The predicted octanol–water partition coefficient (Wildman–Crippen LogP) is 3.40. The number of carbonyl (C=O) groups is 1. The molecule has 5 nitrogen and oxygen atoms in total. The van der Waals surface area contributed by atoms with Crippen molar-refractivity contribution in [2.45, 2.75) is 51.2 Å². The third-order valence-electron chi connectivity index (χ3n) is 5.62. The topological polar surface area (TPSA) is 39.7 Å².